The van der Waals surface area contributed by atoms with Gasteiger partial charge in [0.2, 0.25) is 5.91 Å². The minimum atomic E-state index is -5.18. The topological polar surface area (TPSA) is 75.3 Å². The van der Waals surface area contributed by atoms with Crippen molar-refractivity contribution in [3.63, 3.8) is 0 Å². The number of aryl methyl sites for hydroxylation is 1. The standard InChI is InChI=1S/C17H14F6N2O3S/c1-9-5-13(3-4-15(9)24-10(2)26)25-29(27,28)14-7-11(16(18,19)20)6-12(8-14)17(21,22)23/h3-8,25H,1-2H3,(H,24,26). The molecular weight excluding hydrogens is 426 g/mol. The molecule has 0 heterocycles. The van der Waals surface area contributed by atoms with Gasteiger partial charge in [-0.15, -0.1) is 0 Å². The predicted molar refractivity (Wildman–Crippen MR) is 92.7 cm³/mol. The number of hydrogen-bond donors (Lipinski definition) is 2. The summed E-state index contributed by atoms with van der Waals surface area (Å²) in [5.41, 5.74) is -2.82. The van der Waals surface area contributed by atoms with Crippen LogP contribution >= 0.6 is 0 Å². The Morgan fingerprint density at radius 3 is 1.83 bits per heavy atom. The van der Waals surface area contributed by atoms with Gasteiger partial charge in [-0.2, -0.15) is 26.3 Å². The molecule has 0 aliphatic carbocycles. The Balaban J connectivity index is 2.48. The van der Waals surface area contributed by atoms with Crippen LogP contribution in [0, 0.1) is 6.92 Å². The van der Waals surface area contributed by atoms with E-state index < -0.39 is 38.4 Å². The number of nitrogens with one attached hydrogen (secondary N) is 2. The minimum absolute atomic E-state index is 0.109. The number of amides is 1. The summed E-state index contributed by atoms with van der Waals surface area (Å²) in [5.74, 6) is -0.384. The van der Waals surface area contributed by atoms with Gasteiger partial charge in [-0.25, -0.2) is 8.42 Å². The maximum Gasteiger partial charge on any atom is 0.416 e. The number of anilines is 2. The highest BCUT2D eigenvalue weighted by Crippen LogP contribution is 2.37. The summed E-state index contributed by atoms with van der Waals surface area (Å²) in [5, 5.41) is 2.48. The molecule has 0 fully saturated rings. The number of carbonyl (C=O) groups excluding carboxylic acids is 1. The van der Waals surface area contributed by atoms with Crippen LogP contribution in [0.25, 0.3) is 0 Å². The van der Waals surface area contributed by atoms with Gasteiger partial charge in [0.05, 0.1) is 16.0 Å². The fourth-order valence-corrected chi connectivity index (χ4v) is 3.47. The molecule has 5 nitrogen and oxygen atoms in total. The van der Waals surface area contributed by atoms with Crippen LogP contribution in [0.5, 0.6) is 0 Å². The SMILES string of the molecule is CC(=O)Nc1ccc(NS(=O)(=O)c2cc(C(F)(F)F)cc(C(F)(F)F)c2)cc1C. The van der Waals surface area contributed by atoms with E-state index in [-0.39, 0.29) is 29.8 Å². The molecule has 0 aliphatic rings. The van der Waals surface area contributed by atoms with E-state index in [1.165, 1.54) is 32.0 Å². The molecule has 2 aromatic rings. The van der Waals surface area contributed by atoms with Crippen molar-refractivity contribution in [1.29, 1.82) is 0 Å². The van der Waals surface area contributed by atoms with E-state index in [9.17, 15) is 39.6 Å². The van der Waals surface area contributed by atoms with Gasteiger partial charge in [-0.3, -0.25) is 9.52 Å². The molecule has 0 saturated carbocycles. The van der Waals surface area contributed by atoms with Crippen molar-refractivity contribution < 1.29 is 39.6 Å². The predicted octanol–water partition coefficient (Wildman–Crippen LogP) is 4.79. The molecule has 0 atom stereocenters. The maximum atomic E-state index is 12.9. The van der Waals surface area contributed by atoms with Crippen LogP contribution < -0.4 is 10.0 Å². The summed E-state index contributed by atoms with van der Waals surface area (Å²) in [7, 11) is -4.77. The van der Waals surface area contributed by atoms with Crippen LogP contribution in [0.1, 0.15) is 23.6 Å². The van der Waals surface area contributed by atoms with Gasteiger partial charge in [0, 0.05) is 18.3 Å². The molecule has 0 aliphatic heterocycles. The van der Waals surface area contributed by atoms with Gasteiger partial charge in [-0.1, -0.05) is 0 Å². The van der Waals surface area contributed by atoms with Crippen molar-refractivity contribution in [3.8, 4) is 0 Å². The number of carbonyl (C=O) groups is 1. The van der Waals surface area contributed by atoms with Gasteiger partial charge >= 0.3 is 12.4 Å². The van der Waals surface area contributed by atoms with Crippen LogP contribution in [-0.2, 0) is 27.2 Å². The van der Waals surface area contributed by atoms with Gasteiger partial charge in [-0.05, 0) is 48.9 Å². The second kappa shape index (κ2) is 7.58. The number of sulfonamides is 1. The quantitative estimate of drug-likeness (QED) is 0.672. The van der Waals surface area contributed by atoms with Crippen molar-refractivity contribution in [3.05, 3.63) is 53.1 Å². The fourth-order valence-electron chi connectivity index (χ4n) is 2.35. The lowest BCUT2D eigenvalue weighted by Crippen LogP contribution is -2.17. The number of hydrogen-bond acceptors (Lipinski definition) is 3. The van der Waals surface area contributed by atoms with Crippen LogP contribution in [0.2, 0.25) is 0 Å². The van der Waals surface area contributed by atoms with E-state index in [1.54, 1.807) is 0 Å². The molecule has 0 unspecified atom stereocenters. The molecule has 29 heavy (non-hydrogen) atoms. The second-order valence-electron chi connectivity index (χ2n) is 6.06. The average molecular weight is 440 g/mol. The Kier molecular flexibility index (Phi) is 5.89. The lowest BCUT2D eigenvalue weighted by molar-refractivity contribution is -0.143. The Bertz CT molecular complexity index is 1010. The van der Waals surface area contributed by atoms with Crippen molar-refractivity contribution >= 4 is 27.3 Å². The van der Waals surface area contributed by atoms with E-state index in [2.05, 4.69) is 5.32 Å². The molecule has 0 saturated heterocycles. The summed E-state index contributed by atoms with van der Waals surface area (Å²) in [6.07, 6.45) is -10.4. The monoisotopic (exact) mass is 440 g/mol. The minimum Gasteiger partial charge on any atom is -0.326 e. The van der Waals surface area contributed by atoms with Gasteiger partial charge in [0.25, 0.3) is 10.0 Å². The molecule has 0 spiro atoms. The third-order valence-corrected chi connectivity index (χ3v) is 5.02. The molecule has 2 aromatic carbocycles. The van der Waals surface area contributed by atoms with Crippen molar-refractivity contribution in [1.82, 2.24) is 0 Å². The van der Waals surface area contributed by atoms with Crippen molar-refractivity contribution in [2.45, 2.75) is 31.1 Å². The number of benzene rings is 2. The third-order valence-electron chi connectivity index (χ3n) is 3.66. The maximum absolute atomic E-state index is 12.9. The van der Waals surface area contributed by atoms with Crippen LogP contribution in [0.15, 0.2) is 41.3 Å². The smallest absolute Gasteiger partial charge is 0.326 e. The zero-order valence-corrected chi connectivity index (χ0v) is 15.7. The molecule has 0 bridgehead atoms. The normalized spacial score (nSPS) is 12.6. The third kappa shape index (κ3) is 5.62. The van der Waals surface area contributed by atoms with Crippen LogP contribution in [0.3, 0.4) is 0 Å². The Labute approximate surface area is 161 Å². The van der Waals surface area contributed by atoms with Gasteiger partial charge in [0.1, 0.15) is 0 Å². The summed E-state index contributed by atoms with van der Waals surface area (Å²) in [6.45, 7) is 2.77. The van der Waals surface area contributed by atoms with Crippen molar-refractivity contribution in [2.24, 2.45) is 0 Å². The Morgan fingerprint density at radius 1 is 0.897 bits per heavy atom. The number of alkyl halides is 6. The highest BCUT2D eigenvalue weighted by atomic mass is 32.2. The molecule has 1 amide bonds. The first-order valence-electron chi connectivity index (χ1n) is 7.80. The molecular formula is C17H14F6N2O3S. The molecule has 2 rings (SSSR count). The largest absolute Gasteiger partial charge is 0.416 e. The van der Waals surface area contributed by atoms with Crippen LogP contribution in [-0.4, -0.2) is 14.3 Å². The molecule has 0 aromatic heterocycles. The fraction of sp³-hybridized carbons (Fsp3) is 0.235. The van der Waals surface area contributed by atoms with E-state index in [1.807, 2.05) is 4.72 Å². The van der Waals surface area contributed by atoms with E-state index in [0.717, 1.165) is 0 Å². The summed E-state index contributed by atoms with van der Waals surface area (Å²) >= 11 is 0. The Morgan fingerprint density at radius 2 is 1.41 bits per heavy atom. The Hall–Kier alpha value is -2.76. The zero-order chi connectivity index (χ0) is 22.2. The van der Waals surface area contributed by atoms with E-state index >= 15 is 0 Å². The zero-order valence-electron chi connectivity index (χ0n) is 14.9. The lowest BCUT2D eigenvalue weighted by atomic mass is 10.1. The highest BCUT2D eigenvalue weighted by Gasteiger charge is 2.38. The average Bonchev–Trinajstić information content (AvgIpc) is 2.55. The summed E-state index contributed by atoms with van der Waals surface area (Å²) in [6, 6.07) is 3.88. The molecule has 158 valence electrons. The van der Waals surface area contributed by atoms with Crippen LogP contribution in [0.4, 0.5) is 37.7 Å². The lowest BCUT2D eigenvalue weighted by Gasteiger charge is -2.16. The second-order valence-corrected chi connectivity index (χ2v) is 7.74. The molecule has 2 N–H and O–H groups in total. The number of rotatable bonds is 4. The first-order chi connectivity index (χ1) is 13.1. The van der Waals surface area contributed by atoms with Gasteiger partial charge in [0.15, 0.2) is 0 Å². The van der Waals surface area contributed by atoms with Gasteiger partial charge < -0.3 is 5.32 Å². The number of halogens is 6. The first-order valence-corrected chi connectivity index (χ1v) is 9.28. The first kappa shape index (κ1) is 22.5. The van der Waals surface area contributed by atoms with E-state index in [4.69, 9.17) is 0 Å². The summed E-state index contributed by atoms with van der Waals surface area (Å²) in [4.78, 5) is 9.89. The molecule has 12 heteroatoms. The summed E-state index contributed by atoms with van der Waals surface area (Å²) < 4.78 is 104. The van der Waals surface area contributed by atoms with E-state index in [0.29, 0.717) is 11.3 Å². The highest BCUT2D eigenvalue weighted by molar-refractivity contribution is 7.92. The van der Waals surface area contributed by atoms with Crippen molar-refractivity contribution in [2.75, 3.05) is 10.0 Å². The molecule has 0 radical (unpaired) electrons.